The van der Waals surface area contributed by atoms with Crippen LogP contribution in [0.1, 0.15) is 25.6 Å². The lowest BCUT2D eigenvalue weighted by atomic mass is 10.2. The molecule has 0 spiro atoms. The molecule has 0 saturated heterocycles. The number of hydrogen-bond acceptors (Lipinski definition) is 3. The first-order valence-corrected chi connectivity index (χ1v) is 4.53. The van der Waals surface area contributed by atoms with Crippen LogP contribution in [0, 0.1) is 5.92 Å². The van der Waals surface area contributed by atoms with Crippen molar-refractivity contribution in [3.63, 3.8) is 0 Å². The van der Waals surface area contributed by atoms with Crippen molar-refractivity contribution < 1.29 is 5.11 Å². The Balaban J connectivity index is 2.76. The lowest BCUT2D eigenvalue weighted by molar-refractivity contribution is 0.175. The van der Waals surface area contributed by atoms with E-state index in [0.717, 1.165) is 12.2 Å². The Labute approximate surface area is 78.4 Å². The van der Waals surface area contributed by atoms with Crippen LogP contribution in [0.3, 0.4) is 0 Å². The fraction of sp³-hybridized carbons (Fsp3) is 0.667. The molecule has 0 bridgehead atoms. The molecule has 0 aliphatic carbocycles. The average molecular weight is 183 g/mol. The molecule has 1 aromatic heterocycles. The fourth-order valence-electron chi connectivity index (χ4n) is 1.28. The maximum Gasteiger partial charge on any atom is 0.108 e. The second-order valence-corrected chi connectivity index (χ2v) is 3.62. The Kier molecular flexibility index (Phi) is 3.45. The molecule has 1 atom stereocenters. The van der Waals surface area contributed by atoms with Gasteiger partial charge in [0, 0.05) is 13.1 Å². The third-order valence-electron chi connectivity index (χ3n) is 1.87. The quantitative estimate of drug-likeness (QED) is 0.715. The van der Waals surface area contributed by atoms with Crippen molar-refractivity contribution in [1.29, 1.82) is 0 Å². The molecule has 0 fully saturated rings. The number of nitrogens with two attached hydrogens (primary N) is 1. The van der Waals surface area contributed by atoms with E-state index in [-0.39, 0.29) is 6.54 Å². The van der Waals surface area contributed by atoms with Gasteiger partial charge in [-0.25, -0.2) is 4.98 Å². The van der Waals surface area contributed by atoms with Crippen LogP contribution in [0.15, 0.2) is 12.5 Å². The van der Waals surface area contributed by atoms with Crippen molar-refractivity contribution in [2.24, 2.45) is 11.7 Å². The molecule has 0 aliphatic heterocycles. The highest BCUT2D eigenvalue weighted by Gasteiger charge is 2.11. The standard InChI is InChI=1S/C9H17N3O/c1-7(2)5-12-6-11-4-8(12)9(13)3-10/h4,6-7,9,13H,3,5,10H2,1-2H3. The van der Waals surface area contributed by atoms with Gasteiger partial charge in [0.2, 0.25) is 0 Å². The number of aliphatic hydroxyl groups excluding tert-OH is 1. The molecule has 0 aromatic carbocycles. The first-order valence-electron chi connectivity index (χ1n) is 4.53. The van der Waals surface area contributed by atoms with Crippen molar-refractivity contribution in [2.75, 3.05) is 6.54 Å². The van der Waals surface area contributed by atoms with Crippen LogP contribution in [0.5, 0.6) is 0 Å². The van der Waals surface area contributed by atoms with Gasteiger partial charge in [0.1, 0.15) is 6.10 Å². The largest absolute Gasteiger partial charge is 0.385 e. The molecule has 0 radical (unpaired) electrons. The Morgan fingerprint density at radius 2 is 2.31 bits per heavy atom. The van der Waals surface area contributed by atoms with E-state index < -0.39 is 6.10 Å². The van der Waals surface area contributed by atoms with Gasteiger partial charge in [-0.1, -0.05) is 13.8 Å². The van der Waals surface area contributed by atoms with E-state index in [0.29, 0.717) is 5.92 Å². The van der Waals surface area contributed by atoms with Crippen molar-refractivity contribution in [3.8, 4) is 0 Å². The lowest BCUT2D eigenvalue weighted by Crippen LogP contribution is -2.17. The predicted octanol–water partition coefficient (Wildman–Crippen LogP) is 0.531. The van der Waals surface area contributed by atoms with E-state index in [4.69, 9.17) is 5.73 Å². The smallest absolute Gasteiger partial charge is 0.108 e. The minimum Gasteiger partial charge on any atom is -0.385 e. The van der Waals surface area contributed by atoms with E-state index >= 15 is 0 Å². The minimum atomic E-state index is -0.596. The highest BCUT2D eigenvalue weighted by atomic mass is 16.3. The van der Waals surface area contributed by atoms with Crippen LogP contribution < -0.4 is 5.73 Å². The zero-order valence-corrected chi connectivity index (χ0v) is 8.14. The second-order valence-electron chi connectivity index (χ2n) is 3.62. The summed E-state index contributed by atoms with van der Waals surface area (Å²) in [6.45, 7) is 5.35. The fourth-order valence-corrected chi connectivity index (χ4v) is 1.28. The average Bonchev–Trinajstić information content (AvgIpc) is 2.50. The van der Waals surface area contributed by atoms with E-state index in [2.05, 4.69) is 18.8 Å². The van der Waals surface area contributed by atoms with Gasteiger partial charge in [0.05, 0.1) is 18.2 Å². The topological polar surface area (TPSA) is 64.1 Å². The summed E-state index contributed by atoms with van der Waals surface area (Å²) in [6.07, 6.45) is 2.80. The number of imidazole rings is 1. The molecular weight excluding hydrogens is 166 g/mol. The third-order valence-corrected chi connectivity index (χ3v) is 1.87. The highest BCUT2D eigenvalue weighted by molar-refractivity contribution is 5.03. The summed E-state index contributed by atoms with van der Waals surface area (Å²) in [5, 5.41) is 9.53. The van der Waals surface area contributed by atoms with Crippen molar-refractivity contribution in [2.45, 2.75) is 26.5 Å². The maximum absolute atomic E-state index is 9.53. The molecule has 1 aromatic rings. The van der Waals surface area contributed by atoms with Crippen LogP contribution in [0.25, 0.3) is 0 Å². The van der Waals surface area contributed by atoms with Gasteiger partial charge >= 0.3 is 0 Å². The van der Waals surface area contributed by atoms with E-state index in [1.807, 2.05) is 4.57 Å². The Bertz CT molecular complexity index is 257. The summed E-state index contributed by atoms with van der Waals surface area (Å²) >= 11 is 0. The van der Waals surface area contributed by atoms with Crippen molar-refractivity contribution in [1.82, 2.24) is 9.55 Å². The summed E-state index contributed by atoms with van der Waals surface area (Å²) in [5.74, 6) is 0.540. The molecule has 4 nitrogen and oxygen atoms in total. The van der Waals surface area contributed by atoms with Crippen LogP contribution in [-0.4, -0.2) is 21.2 Å². The molecule has 3 N–H and O–H groups in total. The Morgan fingerprint density at radius 1 is 1.62 bits per heavy atom. The number of hydrogen-bond donors (Lipinski definition) is 2. The van der Waals surface area contributed by atoms with Crippen LogP contribution >= 0.6 is 0 Å². The normalized spacial score (nSPS) is 13.6. The summed E-state index contributed by atoms with van der Waals surface area (Å²) in [4.78, 5) is 3.99. The Morgan fingerprint density at radius 3 is 2.85 bits per heavy atom. The van der Waals surface area contributed by atoms with Crippen LogP contribution in [0.2, 0.25) is 0 Å². The van der Waals surface area contributed by atoms with Crippen molar-refractivity contribution >= 4 is 0 Å². The highest BCUT2D eigenvalue weighted by Crippen LogP contribution is 2.12. The van der Waals surface area contributed by atoms with Gasteiger partial charge < -0.3 is 15.4 Å². The number of rotatable bonds is 4. The molecule has 74 valence electrons. The first-order chi connectivity index (χ1) is 6.15. The molecule has 0 saturated carbocycles. The summed E-state index contributed by atoms with van der Waals surface area (Å²) < 4.78 is 1.95. The van der Waals surface area contributed by atoms with Crippen LogP contribution in [0.4, 0.5) is 0 Å². The predicted molar refractivity (Wildman–Crippen MR) is 51.1 cm³/mol. The third kappa shape index (κ3) is 2.54. The van der Waals surface area contributed by atoms with Crippen LogP contribution in [-0.2, 0) is 6.54 Å². The van der Waals surface area contributed by atoms with Gasteiger partial charge in [0.15, 0.2) is 0 Å². The molecular formula is C9H17N3O. The maximum atomic E-state index is 9.53. The van der Waals surface area contributed by atoms with E-state index in [1.54, 1.807) is 12.5 Å². The Hall–Kier alpha value is -0.870. The molecule has 0 amide bonds. The zero-order chi connectivity index (χ0) is 9.84. The van der Waals surface area contributed by atoms with Gasteiger partial charge in [-0.15, -0.1) is 0 Å². The summed E-state index contributed by atoms with van der Waals surface area (Å²) in [6, 6.07) is 0. The molecule has 1 unspecified atom stereocenters. The monoisotopic (exact) mass is 183 g/mol. The zero-order valence-electron chi connectivity index (χ0n) is 8.14. The van der Waals surface area contributed by atoms with Crippen molar-refractivity contribution in [3.05, 3.63) is 18.2 Å². The van der Waals surface area contributed by atoms with Gasteiger partial charge in [-0.05, 0) is 5.92 Å². The number of nitrogens with zero attached hydrogens (tertiary/aromatic N) is 2. The molecule has 0 aliphatic rings. The molecule has 1 rings (SSSR count). The molecule has 13 heavy (non-hydrogen) atoms. The lowest BCUT2D eigenvalue weighted by Gasteiger charge is -2.13. The molecule has 1 heterocycles. The first kappa shape index (κ1) is 10.2. The summed E-state index contributed by atoms with van der Waals surface area (Å²) in [5.41, 5.74) is 6.17. The molecule has 4 heteroatoms. The van der Waals surface area contributed by atoms with E-state index in [9.17, 15) is 5.11 Å². The summed E-state index contributed by atoms with van der Waals surface area (Å²) in [7, 11) is 0. The second kappa shape index (κ2) is 4.39. The number of aliphatic hydroxyl groups is 1. The number of aromatic nitrogens is 2. The van der Waals surface area contributed by atoms with E-state index in [1.165, 1.54) is 0 Å². The van der Waals surface area contributed by atoms with Gasteiger partial charge in [-0.2, -0.15) is 0 Å². The minimum absolute atomic E-state index is 0.240. The van der Waals surface area contributed by atoms with Gasteiger partial charge in [0.25, 0.3) is 0 Å². The SMILES string of the molecule is CC(C)Cn1cncc1C(O)CN. The van der Waals surface area contributed by atoms with Gasteiger partial charge in [-0.3, -0.25) is 0 Å².